The summed E-state index contributed by atoms with van der Waals surface area (Å²) >= 11 is 1.84. The Bertz CT molecular complexity index is 371. The monoisotopic (exact) mass is 309 g/mol. The van der Waals surface area contributed by atoms with Gasteiger partial charge in [0.05, 0.1) is 0 Å². The third-order valence-corrected chi connectivity index (χ3v) is 6.42. The minimum absolute atomic E-state index is 0.00985. The highest BCUT2D eigenvalue weighted by Crippen LogP contribution is 2.31. The van der Waals surface area contributed by atoms with E-state index in [4.69, 9.17) is 0 Å². The van der Waals surface area contributed by atoms with Gasteiger partial charge in [-0.25, -0.2) is 0 Å². The first-order chi connectivity index (χ1) is 8.79. The van der Waals surface area contributed by atoms with E-state index in [0.717, 1.165) is 25.3 Å². The number of thioether (sulfide) groups is 1. The molecule has 0 aliphatic carbocycles. The Kier molecular flexibility index (Phi) is 6.59. The van der Waals surface area contributed by atoms with E-state index in [-0.39, 0.29) is 4.75 Å². The van der Waals surface area contributed by atoms with E-state index in [1.54, 1.807) is 11.4 Å². The van der Waals surface area contributed by atoms with Crippen molar-refractivity contribution in [2.45, 2.75) is 31.9 Å². The molecule has 1 aliphatic rings. The summed E-state index contributed by atoms with van der Waals surface area (Å²) in [6.07, 6.45) is 0.843. The predicted octanol–water partition coefficient (Wildman–Crippen LogP) is 0.990. The summed E-state index contributed by atoms with van der Waals surface area (Å²) < 4.78 is 28.0. The van der Waals surface area contributed by atoms with Crippen LogP contribution in [-0.2, 0) is 10.2 Å². The molecule has 19 heavy (non-hydrogen) atoms. The fourth-order valence-corrected chi connectivity index (χ4v) is 4.96. The highest BCUT2D eigenvalue weighted by molar-refractivity contribution is 8.00. The highest BCUT2D eigenvalue weighted by atomic mass is 32.2. The second-order valence-corrected chi connectivity index (χ2v) is 9.32. The standard InChI is InChI=1S/C12H27N3O2S2/c1-5-13-7-6-8-14(4)19(16,17)15-9-10-18-12(2,3)11-15/h13H,5-11H2,1-4H3. The zero-order valence-electron chi connectivity index (χ0n) is 12.5. The Balaban J connectivity index is 2.54. The van der Waals surface area contributed by atoms with E-state index in [9.17, 15) is 8.42 Å². The molecule has 5 nitrogen and oxygen atoms in total. The van der Waals surface area contributed by atoms with Gasteiger partial charge in [0.1, 0.15) is 0 Å². The second kappa shape index (κ2) is 7.26. The van der Waals surface area contributed by atoms with Gasteiger partial charge in [0.2, 0.25) is 0 Å². The molecule has 0 spiro atoms. The second-order valence-electron chi connectivity index (χ2n) is 5.48. The smallest absolute Gasteiger partial charge is 0.281 e. The van der Waals surface area contributed by atoms with Gasteiger partial charge < -0.3 is 5.32 Å². The molecule has 1 aliphatic heterocycles. The lowest BCUT2D eigenvalue weighted by Crippen LogP contribution is -2.51. The SMILES string of the molecule is CCNCCCN(C)S(=O)(=O)N1CCSC(C)(C)C1. The predicted molar refractivity (Wildman–Crippen MR) is 82.8 cm³/mol. The van der Waals surface area contributed by atoms with Crippen molar-refractivity contribution in [3.8, 4) is 0 Å². The molecule has 0 aromatic carbocycles. The molecular weight excluding hydrogens is 282 g/mol. The van der Waals surface area contributed by atoms with Crippen molar-refractivity contribution >= 4 is 22.0 Å². The molecule has 0 saturated carbocycles. The average molecular weight is 310 g/mol. The maximum atomic E-state index is 12.5. The minimum Gasteiger partial charge on any atom is -0.317 e. The van der Waals surface area contributed by atoms with Gasteiger partial charge in [-0.2, -0.15) is 28.8 Å². The summed E-state index contributed by atoms with van der Waals surface area (Å²) in [4.78, 5) is 0. The van der Waals surface area contributed by atoms with Crippen LogP contribution in [0.2, 0.25) is 0 Å². The van der Waals surface area contributed by atoms with Crippen molar-refractivity contribution < 1.29 is 8.42 Å². The molecule has 0 unspecified atom stereocenters. The van der Waals surface area contributed by atoms with E-state index in [0.29, 0.717) is 19.6 Å². The van der Waals surface area contributed by atoms with Crippen LogP contribution in [0, 0.1) is 0 Å². The zero-order chi connectivity index (χ0) is 14.5. The Labute approximate surface area is 122 Å². The Morgan fingerprint density at radius 2 is 2.11 bits per heavy atom. The summed E-state index contributed by atoms with van der Waals surface area (Å²) in [7, 11) is -1.62. The van der Waals surface area contributed by atoms with Gasteiger partial charge in [-0.1, -0.05) is 6.92 Å². The molecule has 1 rings (SSSR count). The molecule has 1 fully saturated rings. The van der Waals surface area contributed by atoms with Crippen molar-refractivity contribution in [3.63, 3.8) is 0 Å². The lowest BCUT2D eigenvalue weighted by molar-refractivity contribution is 0.342. The Morgan fingerprint density at radius 3 is 2.68 bits per heavy atom. The number of rotatable bonds is 7. The van der Waals surface area contributed by atoms with Gasteiger partial charge in [0.15, 0.2) is 0 Å². The van der Waals surface area contributed by atoms with Gasteiger partial charge in [0, 0.05) is 37.2 Å². The van der Waals surface area contributed by atoms with Crippen molar-refractivity contribution in [3.05, 3.63) is 0 Å². The molecule has 0 aromatic heterocycles. The molecule has 0 atom stereocenters. The van der Waals surface area contributed by atoms with Gasteiger partial charge in [-0.05, 0) is 33.4 Å². The summed E-state index contributed by atoms with van der Waals surface area (Å²) in [6, 6.07) is 0. The normalized spacial score (nSPS) is 20.9. The van der Waals surface area contributed by atoms with Crippen LogP contribution in [0.5, 0.6) is 0 Å². The summed E-state index contributed by atoms with van der Waals surface area (Å²) in [6.45, 7) is 9.82. The van der Waals surface area contributed by atoms with Crippen LogP contribution >= 0.6 is 11.8 Å². The quantitative estimate of drug-likeness (QED) is 0.713. The summed E-state index contributed by atoms with van der Waals surface area (Å²) in [5, 5.41) is 3.21. The molecular formula is C12H27N3O2S2. The molecule has 1 heterocycles. The fourth-order valence-electron chi connectivity index (χ4n) is 2.09. The molecule has 0 aromatic rings. The van der Waals surface area contributed by atoms with Crippen LogP contribution < -0.4 is 5.32 Å². The Morgan fingerprint density at radius 1 is 1.42 bits per heavy atom. The fraction of sp³-hybridized carbons (Fsp3) is 1.00. The molecule has 1 saturated heterocycles. The van der Waals surface area contributed by atoms with E-state index in [1.807, 2.05) is 18.7 Å². The molecule has 114 valence electrons. The molecule has 0 amide bonds. The van der Waals surface area contributed by atoms with Gasteiger partial charge in [-0.15, -0.1) is 0 Å². The first kappa shape index (κ1) is 17.2. The van der Waals surface area contributed by atoms with Crippen LogP contribution in [0.4, 0.5) is 0 Å². The van der Waals surface area contributed by atoms with Crippen molar-refractivity contribution in [2.24, 2.45) is 0 Å². The van der Waals surface area contributed by atoms with Crippen LogP contribution in [0.3, 0.4) is 0 Å². The van der Waals surface area contributed by atoms with Crippen LogP contribution in [0.1, 0.15) is 27.2 Å². The van der Waals surface area contributed by atoms with Crippen LogP contribution in [0.25, 0.3) is 0 Å². The zero-order valence-corrected chi connectivity index (χ0v) is 14.1. The van der Waals surface area contributed by atoms with E-state index >= 15 is 0 Å². The lowest BCUT2D eigenvalue weighted by atomic mass is 10.2. The van der Waals surface area contributed by atoms with E-state index in [1.165, 1.54) is 4.31 Å². The first-order valence-corrected chi connectivity index (χ1v) is 9.24. The number of hydrogen-bond donors (Lipinski definition) is 1. The first-order valence-electron chi connectivity index (χ1n) is 6.85. The third-order valence-electron chi connectivity index (χ3n) is 3.19. The van der Waals surface area contributed by atoms with Crippen molar-refractivity contribution in [2.75, 3.05) is 45.5 Å². The average Bonchev–Trinajstić information content (AvgIpc) is 2.33. The summed E-state index contributed by atoms with van der Waals surface area (Å²) in [5.41, 5.74) is 0. The minimum atomic E-state index is -3.29. The highest BCUT2D eigenvalue weighted by Gasteiger charge is 2.35. The Hall–Kier alpha value is 0.180. The molecule has 7 heteroatoms. The number of nitrogens with zero attached hydrogens (tertiary/aromatic N) is 2. The topological polar surface area (TPSA) is 52.7 Å². The van der Waals surface area contributed by atoms with Gasteiger partial charge >= 0.3 is 0 Å². The molecule has 0 radical (unpaired) electrons. The maximum Gasteiger partial charge on any atom is 0.281 e. The number of hydrogen-bond acceptors (Lipinski definition) is 4. The largest absolute Gasteiger partial charge is 0.317 e. The lowest BCUT2D eigenvalue weighted by Gasteiger charge is -2.38. The van der Waals surface area contributed by atoms with Crippen LogP contribution in [0.15, 0.2) is 0 Å². The molecule has 0 bridgehead atoms. The van der Waals surface area contributed by atoms with Crippen molar-refractivity contribution in [1.82, 2.24) is 13.9 Å². The van der Waals surface area contributed by atoms with E-state index < -0.39 is 10.2 Å². The van der Waals surface area contributed by atoms with E-state index in [2.05, 4.69) is 19.2 Å². The number of nitrogens with one attached hydrogen (secondary N) is 1. The summed E-state index contributed by atoms with van der Waals surface area (Å²) in [5.74, 6) is 0.872. The maximum absolute atomic E-state index is 12.5. The van der Waals surface area contributed by atoms with Crippen molar-refractivity contribution in [1.29, 1.82) is 0 Å². The third kappa shape index (κ3) is 5.23. The van der Waals surface area contributed by atoms with Gasteiger partial charge in [0.25, 0.3) is 10.2 Å². The molecule has 1 N–H and O–H groups in total. The van der Waals surface area contributed by atoms with Gasteiger partial charge in [-0.3, -0.25) is 0 Å². The van der Waals surface area contributed by atoms with Crippen LogP contribution in [-0.4, -0.2) is 67.3 Å².